The van der Waals surface area contributed by atoms with Crippen LogP contribution in [-0.2, 0) is 0 Å². The number of hydrazone groups is 1. The Morgan fingerprint density at radius 3 is 2.80 bits per heavy atom. The Morgan fingerprint density at radius 1 is 1.50 bits per heavy atom. The predicted molar refractivity (Wildman–Crippen MR) is 42.0 cm³/mol. The lowest BCUT2D eigenvalue weighted by molar-refractivity contribution is 1.28. The van der Waals surface area contributed by atoms with E-state index in [1.165, 1.54) is 0 Å². The summed E-state index contributed by atoms with van der Waals surface area (Å²) in [5.74, 6) is 0. The van der Waals surface area contributed by atoms with Gasteiger partial charge in [0.05, 0.1) is 5.69 Å². The van der Waals surface area contributed by atoms with E-state index in [0.29, 0.717) is 0 Å². The van der Waals surface area contributed by atoms with Gasteiger partial charge < -0.3 is 0 Å². The van der Waals surface area contributed by atoms with Gasteiger partial charge in [-0.15, -0.1) is 0 Å². The van der Waals surface area contributed by atoms with Gasteiger partial charge in [-0.25, -0.2) is 0 Å². The topological polar surface area (TPSA) is 37.3 Å². The molecule has 1 aromatic rings. The summed E-state index contributed by atoms with van der Waals surface area (Å²) in [5.41, 5.74) is 3.78. The summed E-state index contributed by atoms with van der Waals surface area (Å²) in [6, 6.07) is 3.71. The molecule has 1 heterocycles. The van der Waals surface area contributed by atoms with E-state index < -0.39 is 0 Å². The van der Waals surface area contributed by atoms with Crippen molar-refractivity contribution in [3.8, 4) is 0 Å². The molecule has 0 unspecified atom stereocenters. The quantitative estimate of drug-likeness (QED) is 0.493. The number of hydrogen-bond donors (Lipinski definition) is 1. The van der Waals surface area contributed by atoms with Crippen LogP contribution in [0.25, 0.3) is 0 Å². The Morgan fingerprint density at radius 2 is 2.20 bits per heavy atom. The molecule has 0 amide bonds. The van der Waals surface area contributed by atoms with Crippen molar-refractivity contribution in [2.45, 2.75) is 6.92 Å². The Bertz CT molecular complexity index is 205. The first kappa shape index (κ1) is 6.74. The summed E-state index contributed by atoms with van der Waals surface area (Å²) >= 11 is 0. The molecule has 10 heavy (non-hydrogen) atoms. The molecule has 0 fully saturated rings. The Hall–Kier alpha value is -1.38. The fourth-order valence-corrected chi connectivity index (χ4v) is 0.566. The first-order valence-electron chi connectivity index (χ1n) is 3.07. The van der Waals surface area contributed by atoms with Crippen molar-refractivity contribution in [1.82, 2.24) is 4.98 Å². The minimum absolute atomic E-state index is 0.952. The van der Waals surface area contributed by atoms with Crippen LogP contribution in [0.5, 0.6) is 0 Å². The van der Waals surface area contributed by atoms with Gasteiger partial charge in [0.25, 0.3) is 0 Å². The third-order valence-electron chi connectivity index (χ3n) is 1.00. The molecule has 3 nitrogen and oxygen atoms in total. The summed E-state index contributed by atoms with van der Waals surface area (Å²) in [6.45, 7) is 1.86. The molecule has 0 aliphatic rings. The van der Waals surface area contributed by atoms with E-state index in [2.05, 4.69) is 15.5 Å². The van der Waals surface area contributed by atoms with Gasteiger partial charge in [0.1, 0.15) is 0 Å². The van der Waals surface area contributed by atoms with Gasteiger partial charge in [-0.2, -0.15) is 5.10 Å². The van der Waals surface area contributed by atoms with Crippen LogP contribution in [-0.4, -0.2) is 11.2 Å². The van der Waals surface area contributed by atoms with Crippen molar-refractivity contribution in [3.05, 3.63) is 24.5 Å². The van der Waals surface area contributed by atoms with Crippen molar-refractivity contribution in [1.29, 1.82) is 0 Å². The average molecular weight is 135 g/mol. The monoisotopic (exact) mass is 135 g/mol. The standard InChI is InChI=1S/C7H9N3/c1-2-9-10-7-3-5-8-6-4-7/h2-6H,1H3,(H,8,10)/b9-2-. The van der Waals surface area contributed by atoms with E-state index in [9.17, 15) is 0 Å². The molecular formula is C7H9N3. The van der Waals surface area contributed by atoms with Gasteiger partial charge in [0.2, 0.25) is 0 Å². The molecule has 0 atom stereocenters. The van der Waals surface area contributed by atoms with E-state index in [-0.39, 0.29) is 0 Å². The van der Waals surface area contributed by atoms with Gasteiger partial charge in [0.15, 0.2) is 0 Å². The van der Waals surface area contributed by atoms with Crippen molar-refractivity contribution < 1.29 is 0 Å². The number of aromatic nitrogens is 1. The zero-order valence-electron chi connectivity index (χ0n) is 5.78. The van der Waals surface area contributed by atoms with E-state index in [0.717, 1.165) is 5.69 Å². The zero-order valence-corrected chi connectivity index (χ0v) is 5.78. The van der Waals surface area contributed by atoms with Gasteiger partial charge in [0, 0.05) is 18.6 Å². The smallest absolute Gasteiger partial charge is 0.0592 e. The van der Waals surface area contributed by atoms with Crippen LogP contribution in [0.1, 0.15) is 6.92 Å². The highest BCUT2D eigenvalue weighted by atomic mass is 15.3. The molecule has 1 aromatic heterocycles. The maximum Gasteiger partial charge on any atom is 0.0592 e. The third-order valence-corrected chi connectivity index (χ3v) is 1.00. The molecule has 0 saturated carbocycles. The van der Waals surface area contributed by atoms with E-state index in [4.69, 9.17) is 0 Å². The van der Waals surface area contributed by atoms with Crippen LogP contribution >= 0.6 is 0 Å². The van der Waals surface area contributed by atoms with Crippen LogP contribution < -0.4 is 5.43 Å². The van der Waals surface area contributed by atoms with E-state index >= 15 is 0 Å². The van der Waals surface area contributed by atoms with Gasteiger partial charge in [-0.05, 0) is 19.1 Å². The second-order valence-electron chi connectivity index (χ2n) is 1.73. The van der Waals surface area contributed by atoms with Crippen molar-refractivity contribution >= 4 is 11.9 Å². The number of nitrogens with zero attached hydrogens (tertiary/aromatic N) is 2. The fraction of sp³-hybridized carbons (Fsp3) is 0.143. The molecule has 52 valence electrons. The predicted octanol–water partition coefficient (Wildman–Crippen LogP) is 1.50. The van der Waals surface area contributed by atoms with Crippen LogP contribution in [0.15, 0.2) is 29.6 Å². The highest BCUT2D eigenvalue weighted by Gasteiger charge is 1.82. The molecule has 1 N–H and O–H groups in total. The summed E-state index contributed by atoms with van der Waals surface area (Å²) < 4.78 is 0. The minimum atomic E-state index is 0.952. The van der Waals surface area contributed by atoms with Crippen LogP contribution in [0.4, 0.5) is 5.69 Å². The number of pyridine rings is 1. The molecule has 0 bridgehead atoms. The fourth-order valence-electron chi connectivity index (χ4n) is 0.566. The second kappa shape index (κ2) is 3.61. The lowest BCUT2D eigenvalue weighted by Gasteiger charge is -1.95. The summed E-state index contributed by atoms with van der Waals surface area (Å²) in [7, 11) is 0. The van der Waals surface area contributed by atoms with Crippen LogP contribution in [0.3, 0.4) is 0 Å². The van der Waals surface area contributed by atoms with Gasteiger partial charge in [-0.1, -0.05) is 0 Å². The van der Waals surface area contributed by atoms with Crippen molar-refractivity contribution in [3.63, 3.8) is 0 Å². The number of rotatable bonds is 2. The zero-order chi connectivity index (χ0) is 7.23. The number of nitrogens with one attached hydrogen (secondary N) is 1. The molecule has 0 aliphatic carbocycles. The van der Waals surface area contributed by atoms with Crippen molar-refractivity contribution in [2.75, 3.05) is 5.43 Å². The summed E-state index contributed by atoms with van der Waals surface area (Å²) in [6.07, 6.45) is 5.13. The highest BCUT2D eigenvalue weighted by molar-refractivity contribution is 5.55. The molecule has 1 rings (SSSR count). The lowest BCUT2D eigenvalue weighted by Crippen LogP contribution is -1.86. The SMILES string of the molecule is C/C=N\Nc1ccncc1. The average Bonchev–Trinajstić information content (AvgIpc) is 2.03. The first-order chi connectivity index (χ1) is 4.93. The highest BCUT2D eigenvalue weighted by Crippen LogP contribution is 2.01. The Kier molecular flexibility index (Phi) is 2.43. The molecule has 0 aromatic carbocycles. The molecule has 0 spiro atoms. The van der Waals surface area contributed by atoms with Crippen molar-refractivity contribution in [2.24, 2.45) is 5.10 Å². The second-order valence-corrected chi connectivity index (χ2v) is 1.73. The Labute approximate surface area is 59.8 Å². The molecule has 0 radical (unpaired) electrons. The normalized spacial score (nSPS) is 10.1. The summed E-state index contributed by atoms with van der Waals surface area (Å²) in [5, 5.41) is 3.84. The van der Waals surface area contributed by atoms with Gasteiger partial charge in [-0.3, -0.25) is 10.4 Å². The largest absolute Gasteiger partial charge is 0.279 e. The number of hydrogen-bond acceptors (Lipinski definition) is 3. The maximum absolute atomic E-state index is 3.86. The lowest BCUT2D eigenvalue weighted by atomic mass is 10.4. The van der Waals surface area contributed by atoms with Gasteiger partial charge >= 0.3 is 0 Å². The van der Waals surface area contributed by atoms with E-state index in [1.54, 1.807) is 18.6 Å². The molecule has 0 saturated heterocycles. The van der Waals surface area contributed by atoms with Crippen LogP contribution in [0, 0.1) is 0 Å². The summed E-state index contributed by atoms with van der Waals surface area (Å²) in [4.78, 5) is 3.86. The molecule has 3 heteroatoms. The third kappa shape index (κ3) is 1.85. The molecule has 0 aliphatic heterocycles. The van der Waals surface area contributed by atoms with E-state index in [1.807, 2.05) is 19.1 Å². The number of anilines is 1. The Balaban J connectivity index is 2.59. The first-order valence-corrected chi connectivity index (χ1v) is 3.07. The molecular weight excluding hydrogens is 126 g/mol. The van der Waals surface area contributed by atoms with Crippen LogP contribution in [0.2, 0.25) is 0 Å². The minimum Gasteiger partial charge on any atom is -0.279 e. The maximum atomic E-state index is 3.86.